The van der Waals surface area contributed by atoms with E-state index in [9.17, 15) is 4.79 Å². The summed E-state index contributed by atoms with van der Waals surface area (Å²) >= 11 is 0. The summed E-state index contributed by atoms with van der Waals surface area (Å²) in [6, 6.07) is 0. The monoisotopic (exact) mass is 187 g/mol. The minimum absolute atomic E-state index is 0.732. The molecule has 0 spiro atoms. The molecule has 0 heterocycles. The van der Waals surface area contributed by atoms with E-state index in [1.165, 1.54) is 5.57 Å². The van der Waals surface area contributed by atoms with Crippen LogP contribution in [0.1, 0.15) is 47.5 Å². The Morgan fingerprint density at radius 2 is 1.77 bits per heavy atom. The van der Waals surface area contributed by atoms with E-state index in [1.54, 1.807) is 0 Å². The van der Waals surface area contributed by atoms with Gasteiger partial charge in [-0.3, -0.25) is 4.79 Å². The van der Waals surface area contributed by atoms with E-state index in [1.807, 2.05) is 27.7 Å². The summed E-state index contributed by atoms with van der Waals surface area (Å²) in [5.74, 6) is 0. The van der Waals surface area contributed by atoms with Crippen molar-refractivity contribution in [2.24, 2.45) is 0 Å². The number of unbranched alkanes of at least 4 members (excludes halogenated alkanes) is 1. The van der Waals surface area contributed by atoms with E-state index in [0.717, 1.165) is 25.8 Å². The molecule has 80 valence electrons. The average Bonchev–Trinajstić information content (AvgIpc) is 2.08. The second-order valence-corrected chi connectivity index (χ2v) is 2.63. The van der Waals surface area contributed by atoms with Crippen molar-refractivity contribution >= 4 is 6.41 Å². The largest absolute Gasteiger partial charge is 0.359 e. The van der Waals surface area contributed by atoms with Gasteiger partial charge in [0.1, 0.15) is 0 Å². The molecule has 2 heteroatoms. The standard InChI is InChI=1S/C5H11NO.C4H8.C2H6/c1-2-3-4-6-5-7;1-4(2)3;1-2/h5H,2-4H2,1H3,(H,6,7);1H2,2-3H3;1-2H3. The molecule has 0 aliphatic heterocycles. The van der Waals surface area contributed by atoms with Gasteiger partial charge >= 0.3 is 0 Å². The first kappa shape index (κ1) is 18.1. The number of carbonyl (C=O) groups excluding carboxylic acids is 1. The first-order valence-corrected chi connectivity index (χ1v) is 4.94. The molecule has 0 aromatic rings. The van der Waals surface area contributed by atoms with Crippen molar-refractivity contribution in [2.75, 3.05) is 6.54 Å². The third-order valence-corrected chi connectivity index (χ3v) is 0.758. The summed E-state index contributed by atoms with van der Waals surface area (Å²) < 4.78 is 0. The third-order valence-electron chi connectivity index (χ3n) is 0.758. The van der Waals surface area contributed by atoms with Crippen molar-refractivity contribution in [2.45, 2.75) is 47.5 Å². The summed E-state index contributed by atoms with van der Waals surface area (Å²) in [6.45, 7) is 14.4. The number of allylic oxidation sites excluding steroid dienone is 1. The van der Waals surface area contributed by atoms with Gasteiger partial charge in [0, 0.05) is 6.54 Å². The van der Waals surface area contributed by atoms with Crippen LogP contribution in [0.2, 0.25) is 0 Å². The van der Waals surface area contributed by atoms with Crippen LogP contribution >= 0.6 is 0 Å². The predicted octanol–water partition coefficient (Wildman–Crippen LogP) is 3.14. The van der Waals surface area contributed by atoms with Crippen LogP contribution in [-0.2, 0) is 4.79 Å². The zero-order chi connectivity index (χ0) is 11.1. The van der Waals surface area contributed by atoms with Gasteiger partial charge in [-0.2, -0.15) is 0 Å². The van der Waals surface area contributed by atoms with Crippen LogP contribution in [0.5, 0.6) is 0 Å². The lowest BCUT2D eigenvalue weighted by Gasteiger charge is -1.90. The molecular formula is C11H25NO. The molecule has 1 N–H and O–H groups in total. The highest BCUT2D eigenvalue weighted by Gasteiger charge is 1.76. The maximum absolute atomic E-state index is 9.57. The van der Waals surface area contributed by atoms with Gasteiger partial charge in [0.15, 0.2) is 0 Å². The summed E-state index contributed by atoms with van der Waals surface area (Å²) in [5.41, 5.74) is 1.17. The predicted molar refractivity (Wildman–Crippen MR) is 60.8 cm³/mol. The smallest absolute Gasteiger partial charge is 0.207 e. The van der Waals surface area contributed by atoms with Gasteiger partial charge in [-0.25, -0.2) is 0 Å². The molecule has 0 saturated heterocycles. The lowest BCUT2D eigenvalue weighted by atomic mass is 10.3. The first-order valence-electron chi connectivity index (χ1n) is 4.94. The minimum atomic E-state index is 0.732. The molecule has 0 bridgehead atoms. The molecule has 0 aliphatic carbocycles. The molecule has 0 unspecified atom stereocenters. The van der Waals surface area contributed by atoms with Crippen LogP contribution in [-0.4, -0.2) is 13.0 Å². The Morgan fingerprint density at radius 1 is 1.38 bits per heavy atom. The normalized spacial score (nSPS) is 6.85. The van der Waals surface area contributed by atoms with Crippen molar-refractivity contribution in [3.8, 4) is 0 Å². The van der Waals surface area contributed by atoms with Crippen molar-refractivity contribution < 1.29 is 4.79 Å². The Labute approximate surface area is 83.4 Å². The van der Waals surface area contributed by atoms with Crippen molar-refractivity contribution in [3.63, 3.8) is 0 Å². The van der Waals surface area contributed by atoms with Crippen LogP contribution < -0.4 is 5.32 Å². The molecule has 0 saturated carbocycles. The van der Waals surface area contributed by atoms with Gasteiger partial charge in [-0.1, -0.05) is 32.8 Å². The van der Waals surface area contributed by atoms with Crippen molar-refractivity contribution in [3.05, 3.63) is 12.2 Å². The van der Waals surface area contributed by atoms with E-state index < -0.39 is 0 Å². The van der Waals surface area contributed by atoms with Gasteiger partial charge in [0.25, 0.3) is 0 Å². The maximum Gasteiger partial charge on any atom is 0.207 e. The highest BCUT2D eigenvalue weighted by Crippen LogP contribution is 1.79. The number of carbonyl (C=O) groups is 1. The highest BCUT2D eigenvalue weighted by atomic mass is 16.1. The van der Waals surface area contributed by atoms with Crippen LogP contribution in [0.25, 0.3) is 0 Å². The molecule has 0 aromatic heterocycles. The fourth-order valence-electron chi connectivity index (χ4n) is 0.338. The average molecular weight is 187 g/mol. The number of amides is 1. The van der Waals surface area contributed by atoms with Crippen molar-refractivity contribution in [1.82, 2.24) is 5.32 Å². The molecule has 0 fully saturated rings. The second kappa shape index (κ2) is 22.5. The minimum Gasteiger partial charge on any atom is -0.359 e. The van der Waals surface area contributed by atoms with Gasteiger partial charge in [0.2, 0.25) is 6.41 Å². The molecule has 2 nitrogen and oxygen atoms in total. The van der Waals surface area contributed by atoms with E-state index >= 15 is 0 Å². The van der Waals surface area contributed by atoms with Gasteiger partial charge in [-0.15, -0.1) is 6.58 Å². The molecule has 13 heavy (non-hydrogen) atoms. The van der Waals surface area contributed by atoms with Crippen LogP contribution in [0.3, 0.4) is 0 Å². The Bertz CT molecular complexity index is 96.3. The number of nitrogens with one attached hydrogen (secondary N) is 1. The third kappa shape index (κ3) is 92.3. The van der Waals surface area contributed by atoms with E-state index in [-0.39, 0.29) is 0 Å². The fourth-order valence-corrected chi connectivity index (χ4v) is 0.338. The number of hydrogen-bond acceptors (Lipinski definition) is 1. The zero-order valence-electron chi connectivity index (χ0n) is 9.81. The van der Waals surface area contributed by atoms with E-state index in [2.05, 4.69) is 18.8 Å². The summed E-state index contributed by atoms with van der Waals surface area (Å²) in [5, 5.41) is 2.57. The quantitative estimate of drug-likeness (QED) is 0.409. The SMILES string of the molecule is C=C(C)C.CC.CCCCNC=O. The topological polar surface area (TPSA) is 29.1 Å². The molecule has 1 amide bonds. The second-order valence-electron chi connectivity index (χ2n) is 2.63. The Hall–Kier alpha value is -0.790. The molecule has 0 rings (SSSR count). The van der Waals surface area contributed by atoms with Gasteiger partial charge in [0.05, 0.1) is 0 Å². The van der Waals surface area contributed by atoms with Gasteiger partial charge in [-0.05, 0) is 20.3 Å². The highest BCUT2D eigenvalue weighted by molar-refractivity contribution is 5.45. The Balaban J connectivity index is -0.000000142. The molecule has 0 aliphatic rings. The summed E-state index contributed by atoms with van der Waals surface area (Å²) in [6.07, 6.45) is 2.95. The Morgan fingerprint density at radius 3 is 2.00 bits per heavy atom. The lowest BCUT2D eigenvalue weighted by Crippen LogP contribution is -2.11. The molecule has 0 radical (unpaired) electrons. The molecule has 0 aromatic carbocycles. The van der Waals surface area contributed by atoms with E-state index in [0.29, 0.717) is 0 Å². The Kier molecular flexibility index (Phi) is 31.3. The zero-order valence-corrected chi connectivity index (χ0v) is 9.81. The first-order chi connectivity index (χ1) is 6.15. The molecule has 0 atom stereocenters. The number of hydrogen-bond donors (Lipinski definition) is 1. The van der Waals surface area contributed by atoms with E-state index in [4.69, 9.17) is 0 Å². The summed E-state index contributed by atoms with van der Waals surface area (Å²) in [4.78, 5) is 9.57. The van der Waals surface area contributed by atoms with Crippen LogP contribution in [0, 0.1) is 0 Å². The lowest BCUT2D eigenvalue weighted by molar-refractivity contribution is -0.109. The van der Waals surface area contributed by atoms with Crippen molar-refractivity contribution in [1.29, 1.82) is 0 Å². The fraction of sp³-hybridized carbons (Fsp3) is 0.727. The van der Waals surface area contributed by atoms with Crippen LogP contribution in [0.4, 0.5) is 0 Å². The van der Waals surface area contributed by atoms with Gasteiger partial charge < -0.3 is 5.32 Å². The maximum atomic E-state index is 9.57. The van der Waals surface area contributed by atoms with Crippen LogP contribution in [0.15, 0.2) is 12.2 Å². The summed E-state index contributed by atoms with van der Waals surface area (Å²) in [7, 11) is 0. The molecular weight excluding hydrogens is 162 g/mol. The number of rotatable bonds is 4.